The van der Waals surface area contributed by atoms with Crippen LogP contribution in [0.3, 0.4) is 0 Å². The highest BCUT2D eigenvalue weighted by molar-refractivity contribution is 5.41. The van der Waals surface area contributed by atoms with Crippen LogP contribution in [0.1, 0.15) is 24.8 Å². The fraction of sp³-hybridized carbons (Fsp3) is 0.455. The van der Waals surface area contributed by atoms with Crippen LogP contribution in [0.25, 0.3) is 0 Å². The van der Waals surface area contributed by atoms with Crippen molar-refractivity contribution in [3.05, 3.63) is 35.4 Å². The second-order valence-electron chi connectivity index (χ2n) is 4.80. The molecular formula is C11H11F2N. The fourth-order valence-electron chi connectivity index (χ4n) is 3.07. The third-order valence-electron chi connectivity index (χ3n) is 3.57. The molecule has 2 bridgehead atoms. The molecule has 0 heterocycles. The van der Waals surface area contributed by atoms with E-state index in [-0.39, 0.29) is 11.0 Å². The molecule has 0 aromatic heterocycles. The molecule has 0 radical (unpaired) electrons. The van der Waals surface area contributed by atoms with Crippen molar-refractivity contribution in [2.45, 2.75) is 30.2 Å². The van der Waals surface area contributed by atoms with Gasteiger partial charge in [0, 0.05) is 17.0 Å². The quantitative estimate of drug-likeness (QED) is 0.729. The monoisotopic (exact) mass is 195 g/mol. The van der Waals surface area contributed by atoms with E-state index in [9.17, 15) is 8.78 Å². The van der Waals surface area contributed by atoms with Crippen LogP contribution in [0.2, 0.25) is 0 Å². The Morgan fingerprint density at radius 3 is 2.29 bits per heavy atom. The molecule has 1 aromatic carbocycles. The van der Waals surface area contributed by atoms with Gasteiger partial charge in [-0.2, -0.15) is 0 Å². The molecule has 0 amide bonds. The van der Waals surface area contributed by atoms with Crippen molar-refractivity contribution >= 4 is 0 Å². The minimum Gasteiger partial charge on any atom is -0.325 e. The van der Waals surface area contributed by atoms with Crippen LogP contribution in [-0.4, -0.2) is 5.54 Å². The zero-order chi connectivity index (χ0) is 9.97. The van der Waals surface area contributed by atoms with Gasteiger partial charge >= 0.3 is 0 Å². The zero-order valence-electron chi connectivity index (χ0n) is 7.69. The molecule has 3 aliphatic carbocycles. The van der Waals surface area contributed by atoms with Gasteiger partial charge in [0.1, 0.15) is 11.6 Å². The second-order valence-corrected chi connectivity index (χ2v) is 4.80. The van der Waals surface area contributed by atoms with E-state index in [1.165, 1.54) is 6.07 Å². The predicted molar refractivity (Wildman–Crippen MR) is 48.8 cm³/mol. The van der Waals surface area contributed by atoms with E-state index < -0.39 is 11.6 Å². The van der Waals surface area contributed by atoms with Gasteiger partial charge < -0.3 is 5.73 Å². The minimum atomic E-state index is -0.514. The Kier molecular flexibility index (Phi) is 1.29. The average Bonchev–Trinajstić information content (AvgIpc) is 1.98. The van der Waals surface area contributed by atoms with Gasteiger partial charge in [0.05, 0.1) is 0 Å². The van der Waals surface area contributed by atoms with E-state index >= 15 is 0 Å². The molecule has 0 atom stereocenters. The van der Waals surface area contributed by atoms with Crippen molar-refractivity contribution in [1.82, 2.24) is 0 Å². The fourth-order valence-corrected chi connectivity index (χ4v) is 3.07. The van der Waals surface area contributed by atoms with Gasteiger partial charge in [0.2, 0.25) is 0 Å². The minimum absolute atomic E-state index is 0.0408. The summed E-state index contributed by atoms with van der Waals surface area (Å²) in [6.45, 7) is 0. The van der Waals surface area contributed by atoms with E-state index in [1.807, 2.05) is 0 Å². The molecule has 74 valence electrons. The molecule has 3 saturated carbocycles. The summed E-state index contributed by atoms with van der Waals surface area (Å²) in [6.07, 6.45) is 2.55. The van der Waals surface area contributed by atoms with Crippen molar-refractivity contribution < 1.29 is 8.78 Å². The summed E-state index contributed by atoms with van der Waals surface area (Å²) < 4.78 is 26.1. The van der Waals surface area contributed by atoms with E-state index in [0.717, 1.165) is 25.3 Å². The molecular weight excluding hydrogens is 184 g/mol. The van der Waals surface area contributed by atoms with Gasteiger partial charge in [0.15, 0.2) is 0 Å². The lowest BCUT2D eigenvalue weighted by Gasteiger charge is -2.69. The summed E-state index contributed by atoms with van der Waals surface area (Å²) in [7, 11) is 0. The Morgan fingerprint density at radius 2 is 1.79 bits per heavy atom. The molecule has 0 unspecified atom stereocenters. The van der Waals surface area contributed by atoms with Crippen LogP contribution in [0.15, 0.2) is 18.2 Å². The molecule has 14 heavy (non-hydrogen) atoms. The van der Waals surface area contributed by atoms with Crippen molar-refractivity contribution in [3.63, 3.8) is 0 Å². The Morgan fingerprint density at radius 1 is 1.14 bits per heavy atom. The smallest absolute Gasteiger partial charge is 0.129 e. The first kappa shape index (κ1) is 8.36. The SMILES string of the molecule is NC12CC(c3ccc(F)cc3F)(C1)C2. The number of hydrogen-bond acceptors (Lipinski definition) is 1. The first-order valence-corrected chi connectivity index (χ1v) is 4.78. The maximum absolute atomic E-state index is 13.4. The summed E-state index contributed by atoms with van der Waals surface area (Å²) in [6, 6.07) is 3.84. The molecule has 3 aliphatic rings. The standard InChI is InChI=1S/C11H11F2N/c12-7-1-2-8(9(13)3-7)10-4-11(14,5-10)6-10/h1-3H,4-6,14H2. The molecule has 2 N–H and O–H groups in total. The topological polar surface area (TPSA) is 26.0 Å². The van der Waals surface area contributed by atoms with E-state index in [1.54, 1.807) is 6.07 Å². The number of halogens is 2. The van der Waals surface area contributed by atoms with Crippen LogP contribution in [0.5, 0.6) is 0 Å². The third-order valence-corrected chi connectivity index (χ3v) is 3.57. The van der Waals surface area contributed by atoms with Crippen LogP contribution in [0.4, 0.5) is 8.78 Å². The summed E-state index contributed by atoms with van der Waals surface area (Å²) in [5.74, 6) is -0.938. The normalized spacial score (nSPS) is 38.8. The molecule has 0 aliphatic heterocycles. The molecule has 3 heteroatoms. The number of hydrogen-bond donors (Lipinski definition) is 1. The Labute approximate surface area is 80.9 Å². The maximum atomic E-state index is 13.4. The Hall–Kier alpha value is -0.960. The number of rotatable bonds is 1. The highest BCUT2D eigenvalue weighted by Crippen LogP contribution is 2.66. The van der Waals surface area contributed by atoms with Gasteiger partial charge in [-0.15, -0.1) is 0 Å². The first-order valence-electron chi connectivity index (χ1n) is 4.78. The van der Waals surface area contributed by atoms with Crippen LogP contribution >= 0.6 is 0 Å². The highest BCUT2D eigenvalue weighted by atomic mass is 19.1. The lowest BCUT2D eigenvalue weighted by molar-refractivity contribution is -0.0612. The molecule has 3 fully saturated rings. The van der Waals surface area contributed by atoms with Gasteiger partial charge in [0.25, 0.3) is 0 Å². The molecule has 0 spiro atoms. The van der Waals surface area contributed by atoms with E-state index in [4.69, 9.17) is 5.73 Å². The van der Waals surface area contributed by atoms with Crippen molar-refractivity contribution in [3.8, 4) is 0 Å². The summed E-state index contributed by atoms with van der Waals surface area (Å²) >= 11 is 0. The second kappa shape index (κ2) is 2.16. The number of nitrogens with two attached hydrogens (primary N) is 1. The van der Waals surface area contributed by atoms with Gasteiger partial charge in [-0.1, -0.05) is 6.07 Å². The maximum Gasteiger partial charge on any atom is 0.129 e. The van der Waals surface area contributed by atoms with Gasteiger partial charge in [-0.3, -0.25) is 0 Å². The molecule has 0 saturated heterocycles. The van der Waals surface area contributed by atoms with Crippen molar-refractivity contribution in [2.24, 2.45) is 5.73 Å². The van der Waals surface area contributed by atoms with Gasteiger partial charge in [-0.05, 0) is 30.9 Å². The molecule has 1 nitrogen and oxygen atoms in total. The van der Waals surface area contributed by atoms with E-state index in [0.29, 0.717) is 5.56 Å². The number of benzene rings is 1. The van der Waals surface area contributed by atoms with Crippen LogP contribution in [-0.2, 0) is 5.41 Å². The third kappa shape index (κ3) is 0.857. The van der Waals surface area contributed by atoms with Crippen molar-refractivity contribution in [2.75, 3.05) is 0 Å². The highest BCUT2D eigenvalue weighted by Gasteiger charge is 2.67. The zero-order valence-corrected chi connectivity index (χ0v) is 7.69. The largest absolute Gasteiger partial charge is 0.325 e. The summed E-state index contributed by atoms with van der Waals surface area (Å²) in [5.41, 5.74) is 6.43. The summed E-state index contributed by atoms with van der Waals surface area (Å²) in [4.78, 5) is 0. The van der Waals surface area contributed by atoms with Crippen LogP contribution in [0, 0.1) is 11.6 Å². The average molecular weight is 195 g/mol. The lowest BCUT2D eigenvalue weighted by atomic mass is 9.38. The summed E-state index contributed by atoms with van der Waals surface area (Å²) in [5, 5.41) is 0. The Bertz CT molecular complexity index is 394. The molecule has 1 aromatic rings. The predicted octanol–water partition coefficient (Wildman–Crippen LogP) is 2.10. The first-order chi connectivity index (χ1) is 6.53. The van der Waals surface area contributed by atoms with Crippen molar-refractivity contribution in [1.29, 1.82) is 0 Å². The van der Waals surface area contributed by atoms with Crippen LogP contribution < -0.4 is 5.73 Å². The van der Waals surface area contributed by atoms with E-state index in [2.05, 4.69) is 0 Å². The molecule has 4 rings (SSSR count). The lowest BCUT2D eigenvalue weighted by Crippen LogP contribution is -2.74. The van der Waals surface area contributed by atoms with Gasteiger partial charge in [-0.25, -0.2) is 8.78 Å². The Balaban J connectivity index is 1.99.